The molecule has 152 valence electrons. The van der Waals surface area contributed by atoms with Gasteiger partial charge in [0.2, 0.25) is 11.6 Å². The van der Waals surface area contributed by atoms with Gasteiger partial charge in [0.05, 0.1) is 12.4 Å². The van der Waals surface area contributed by atoms with Gasteiger partial charge >= 0.3 is 10.7 Å². The monoisotopic (exact) mass is 414 g/mol. The normalized spacial score (nSPS) is 11.9. The number of rotatable bonds is 7. The first kappa shape index (κ1) is 20.7. The maximum Gasteiger partial charge on any atom is 0.442 e. The van der Waals surface area contributed by atoms with Crippen LogP contribution in [0.25, 0.3) is 5.69 Å². The standard InChI is InChI=1S/C21H23N3O4S/c1-5-15-8-6-7-13(2)18(15)22-19(25)14(3)29-20-21(26)28-23-24(20)16-9-11-17(27-4)12-10-16/h6-12,14H,5H2,1-4H3,(H-,22,23,25,26)/p+1. The van der Waals surface area contributed by atoms with Crippen molar-refractivity contribution in [2.45, 2.75) is 37.5 Å². The molecule has 0 aliphatic rings. The Morgan fingerprint density at radius 2 is 2.00 bits per heavy atom. The summed E-state index contributed by atoms with van der Waals surface area (Å²) in [7, 11) is 1.59. The van der Waals surface area contributed by atoms with Crippen LogP contribution >= 0.6 is 11.8 Å². The van der Waals surface area contributed by atoms with Crippen molar-refractivity contribution in [2.24, 2.45) is 0 Å². The molecule has 1 heterocycles. The molecule has 3 rings (SSSR count). The van der Waals surface area contributed by atoms with Gasteiger partial charge < -0.3 is 10.1 Å². The number of H-pyrrole nitrogens is 1. The van der Waals surface area contributed by atoms with E-state index in [0.29, 0.717) is 16.5 Å². The average Bonchev–Trinajstić information content (AvgIpc) is 3.09. The van der Waals surface area contributed by atoms with Crippen LogP contribution in [0.15, 0.2) is 56.8 Å². The third-order valence-corrected chi connectivity index (χ3v) is 5.72. The Morgan fingerprint density at radius 3 is 2.66 bits per heavy atom. The molecule has 2 N–H and O–H groups in total. The van der Waals surface area contributed by atoms with E-state index in [-0.39, 0.29) is 5.91 Å². The molecule has 2 aromatic carbocycles. The number of nitrogens with zero attached hydrogens (tertiary/aromatic N) is 1. The van der Waals surface area contributed by atoms with Crippen LogP contribution in [-0.4, -0.2) is 23.5 Å². The van der Waals surface area contributed by atoms with E-state index in [1.165, 1.54) is 4.68 Å². The molecule has 3 aromatic rings. The van der Waals surface area contributed by atoms with Crippen molar-refractivity contribution in [3.8, 4) is 11.4 Å². The largest absolute Gasteiger partial charge is 0.497 e. The number of ether oxygens (including phenoxy) is 1. The second-order valence-corrected chi connectivity index (χ2v) is 7.86. The highest BCUT2D eigenvalue weighted by atomic mass is 32.2. The van der Waals surface area contributed by atoms with E-state index in [0.717, 1.165) is 35.0 Å². The summed E-state index contributed by atoms with van der Waals surface area (Å²) in [6, 6.07) is 13.1. The van der Waals surface area contributed by atoms with Crippen molar-refractivity contribution in [1.29, 1.82) is 0 Å². The summed E-state index contributed by atoms with van der Waals surface area (Å²) in [5.41, 5.74) is 3.07. The maximum atomic E-state index is 12.8. The van der Waals surface area contributed by atoms with Gasteiger partial charge in [-0.3, -0.25) is 9.32 Å². The Labute approximate surface area is 173 Å². The number of para-hydroxylation sites is 1. The van der Waals surface area contributed by atoms with Gasteiger partial charge in [-0.1, -0.05) is 25.1 Å². The van der Waals surface area contributed by atoms with E-state index in [1.54, 1.807) is 38.3 Å². The molecule has 0 saturated carbocycles. The minimum Gasteiger partial charge on any atom is -0.497 e. The number of methoxy groups -OCH3 is 1. The van der Waals surface area contributed by atoms with Gasteiger partial charge in [-0.05, 0) is 65.2 Å². The minimum absolute atomic E-state index is 0.180. The Kier molecular flexibility index (Phi) is 6.43. The molecular formula is C21H24N3O4S+. The molecule has 0 aliphatic carbocycles. The summed E-state index contributed by atoms with van der Waals surface area (Å²) in [6.45, 7) is 5.77. The minimum atomic E-state index is -0.532. The molecule has 0 bridgehead atoms. The molecule has 29 heavy (non-hydrogen) atoms. The lowest BCUT2D eigenvalue weighted by Crippen LogP contribution is -2.37. The van der Waals surface area contributed by atoms with Gasteiger partial charge in [-0.25, -0.2) is 4.79 Å². The molecule has 1 unspecified atom stereocenters. The van der Waals surface area contributed by atoms with Crippen LogP contribution in [0, 0.1) is 6.92 Å². The number of carbonyl (C=O) groups is 1. The lowest BCUT2D eigenvalue weighted by atomic mass is 10.1. The topological polar surface area (TPSA) is 88.2 Å². The Balaban J connectivity index is 1.81. The lowest BCUT2D eigenvalue weighted by Gasteiger charge is -2.15. The number of thioether (sulfide) groups is 1. The number of hydrogen-bond acceptors (Lipinski definition) is 5. The number of anilines is 1. The van der Waals surface area contributed by atoms with E-state index >= 15 is 0 Å². The molecule has 0 aliphatic heterocycles. The van der Waals surface area contributed by atoms with Crippen molar-refractivity contribution in [1.82, 2.24) is 5.27 Å². The van der Waals surface area contributed by atoms with Gasteiger partial charge in [0.1, 0.15) is 5.75 Å². The molecule has 1 aromatic heterocycles. The van der Waals surface area contributed by atoms with E-state index in [2.05, 4.69) is 10.6 Å². The third kappa shape index (κ3) is 4.54. The van der Waals surface area contributed by atoms with E-state index in [1.807, 2.05) is 32.0 Å². The summed E-state index contributed by atoms with van der Waals surface area (Å²) < 4.78 is 11.6. The zero-order valence-electron chi connectivity index (χ0n) is 16.8. The zero-order chi connectivity index (χ0) is 21.0. The van der Waals surface area contributed by atoms with E-state index in [9.17, 15) is 9.59 Å². The second-order valence-electron chi connectivity index (χ2n) is 6.53. The fourth-order valence-electron chi connectivity index (χ4n) is 2.91. The number of hydrogen-bond donors (Lipinski definition) is 2. The molecule has 8 heteroatoms. The number of benzene rings is 2. The summed E-state index contributed by atoms with van der Waals surface area (Å²) in [5, 5.41) is 5.37. The summed E-state index contributed by atoms with van der Waals surface area (Å²) in [6.07, 6.45) is 0.817. The fraction of sp³-hybridized carbons (Fsp3) is 0.286. The van der Waals surface area contributed by atoms with Crippen molar-refractivity contribution in [3.63, 3.8) is 0 Å². The summed E-state index contributed by atoms with van der Waals surface area (Å²) >= 11 is 1.14. The molecule has 0 spiro atoms. The van der Waals surface area contributed by atoms with Crippen LogP contribution in [0.2, 0.25) is 0 Å². The third-order valence-electron chi connectivity index (χ3n) is 4.58. The number of aryl methyl sites for hydroxylation is 2. The Hall–Kier alpha value is -3.00. The molecule has 0 saturated heterocycles. The van der Waals surface area contributed by atoms with Gasteiger partial charge in [-0.2, -0.15) is 0 Å². The van der Waals surface area contributed by atoms with Crippen LogP contribution in [0.3, 0.4) is 0 Å². The van der Waals surface area contributed by atoms with Crippen molar-refractivity contribution in [3.05, 3.63) is 64.0 Å². The van der Waals surface area contributed by atoms with Gasteiger partial charge in [0, 0.05) is 17.8 Å². The number of carbonyl (C=O) groups excluding carboxylic acids is 1. The smallest absolute Gasteiger partial charge is 0.442 e. The Morgan fingerprint density at radius 1 is 1.28 bits per heavy atom. The number of nitrogens with one attached hydrogen (secondary N) is 2. The average molecular weight is 415 g/mol. The fourth-order valence-corrected chi connectivity index (χ4v) is 3.80. The van der Waals surface area contributed by atoms with Crippen molar-refractivity contribution >= 4 is 23.4 Å². The first-order chi connectivity index (χ1) is 13.9. The van der Waals surface area contributed by atoms with Gasteiger partial charge in [0.15, 0.2) is 0 Å². The molecular weight excluding hydrogens is 390 g/mol. The van der Waals surface area contributed by atoms with Crippen LogP contribution in [0.5, 0.6) is 5.75 Å². The van der Waals surface area contributed by atoms with Crippen molar-refractivity contribution in [2.75, 3.05) is 12.4 Å². The quantitative estimate of drug-likeness (QED) is 0.458. The molecule has 7 nitrogen and oxygen atoms in total. The molecule has 0 fully saturated rings. The number of amides is 1. The lowest BCUT2D eigenvalue weighted by molar-refractivity contribution is -0.704. The highest BCUT2D eigenvalue weighted by Gasteiger charge is 2.29. The maximum absolute atomic E-state index is 12.8. The highest BCUT2D eigenvalue weighted by Crippen LogP contribution is 2.24. The van der Waals surface area contributed by atoms with Crippen LogP contribution in [-0.2, 0) is 11.2 Å². The van der Waals surface area contributed by atoms with Crippen LogP contribution in [0.1, 0.15) is 25.0 Å². The summed E-state index contributed by atoms with van der Waals surface area (Å²) in [4.78, 5) is 25.0. The molecule has 0 radical (unpaired) electrons. The van der Waals surface area contributed by atoms with Crippen LogP contribution in [0.4, 0.5) is 5.69 Å². The predicted octanol–water partition coefficient (Wildman–Crippen LogP) is 3.24. The molecule has 1 atom stereocenters. The number of aromatic amines is 1. The van der Waals surface area contributed by atoms with E-state index in [4.69, 9.17) is 9.26 Å². The molecule has 1 amide bonds. The Bertz CT molecular complexity index is 1060. The first-order valence-electron chi connectivity index (χ1n) is 9.28. The predicted molar refractivity (Wildman–Crippen MR) is 112 cm³/mol. The first-order valence-corrected chi connectivity index (χ1v) is 10.2. The van der Waals surface area contributed by atoms with Gasteiger partial charge in [-0.15, -0.1) is 0 Å². The van der Waals surface area contributed by atoms with Crippen molar-refractivity contribution < 1.29 is 18.7 Å². The SMILES string of the molecule is CCc1cccc(C)c1NC(=O)C(C)Sc1c(=O)o[nH][n+]1-c1ccc(OC)cc1. The second kappa shape index (κ2) is 9.00. The van der Waals surface area contributed by atoms with Gasteiger partial charge in [0.25, 0.3) is 0 Å². The summed E-state index contributed by atoms with van der Waals surface area (Å²) in [5.74, 6) is 0.521. The van der Waals surface area contributed by atoms with E-state index < -0.39 is 10.9 Å². The number of aromatic nitrogens is 2. The zero-order valence-corrected chi connectivity index (χ0v) is 17.6. The highest BCUT2D eigenvalue weighted by molar-refractivity contribution is 8.00. The van der Waals surface area contributed by atoms with Crippen LogP contribution < -0.4 is 20.4 Å².